The second-order valence-corrected chi connectivity index (χ2v) is 9.26. The highest BCUT2D eigenvalue weighted by Crippen LogP contribution is 2.24. The zero-order valence-electron chi connectivity index (χ0n) is 23.9. The summed E-state index contributed by atoms with van der Waals surface area (Å²) in [6, 6.07) is 5.80. The van der Waals surface area contributed by atoms with Gasteiger partial charge < -0.3 is 30.0 Å². The number of pyridine rings is 1. The molecule has 0 bridgehead atoms. The van der Waals surface area contributed by atoms with E-state index in [-0.39, 0.29) is 6.61 Å². The molecule has 0 aliphatic heterocycles. The van der Waals surface area contributed by atoms with Gasteiger partial charge in [0.1, 0.15) is 11.3 Å². The van der Waals surface area contributed by atoms with Crippen LogP contribution in [0, 0.1) is 0 Å². The van der Waals surface area contributed by atoms with Crippen LogP contribution in [0.2, 0.25) is 0 Å². The van der Waals surface area contributed by atoms with Gasteiger partial charge in [0.05, 0.1) is 12.2 Å². The number of carboxylic acid groups (broad SMARTS) is 2. The van der Waals surface area contributed by atoms with Crippen LogP contribution in [0.4, 0.5) is 26.3 Å². The Kier molecular flexibility index (Phi) is 15.4. The average molecular weight is 630 g/mol. The summed E-state index contributed by atoms with van der Waals surface area (Å²) in [6.45, 7) is 10.4. The molecule has 2 rings (SSSR count). The van der Waals surface area contributed by atoms with E-state index < -0.39 is 41.8 Å². The van der Waals surface area contributed by atoms with E-state index >= 15 is 0 Å². The molecule has 0 spiro atoms. The number of hydrogen-bond donors (Lipinski definition) is 4. The van der Waals surface area contributed by atoms with Gasteiger partial charge in [-0.1, -0.05) is 13.0 Å². The Morgan fingerprint density at radius 3 is 1.86 bits per heavy atom. The second kappa shape index (κ2) is 17.1. The van der Waals surface area contributed by atoms with Crippen LogP contribution in [0.25, 0.3) is 0 Å². The SMILES string of the molecule is CCOC(=O)c1c(CNCCc2ccccn2)[nH]c(C(=O)OC(C)(C)C)c1CC.O=C(O)C(F)(F)F.O=C(O)C(F)(F)F. The number of carbonyl (C=O) groups excluding carboxylic acids is 2. The number of ether oxygens (including phenoxy) is 2. The van der Waals surface area contributed by atoms with Gasteiger partial charge in [-0.3, -0.25) is 4.98 Å². The standard InChI is InChI=1S/C22H31N3O4.2C2HF3O2/c1-6-16-18(20(26)28-7-2)17(25-19(16)21(27)29-22(3,4)5)14-23-13-11-15-10-8-9-12-24-15;2*3-2(4,5)1(6)7/h8-10,12,23,25H,6-7,11,13-14H2,1-5H3;2*(H,6,7). The summed E-state index contributed by atoms with van der Waals surface area (Å²) >= 11 is 0. The Hall–Kier alpha value is -4.15. The van der Waals surface area contributed by atoms with Crippen molar-refractivity contribution in [3.8, 4) is 0 Å². The molecule has 0 atom stereocenters. The molecule has 0 saturated heterocycles. The highest BCUT2D eigenvalue weighted by atomic mass is 19.4. The Bertz CT molecular complexity index is 1180. The first-order valence-corrected chi connectivity index (χ1v) is 12.5. The molecule has 0 aliphatic rings. The van der Waals surface area contributed by atoms with E-state index in [0.29, 0.717) is 42.0 Å². The molecule has 0 amide bonds. The quantitative estimate of drug-likeness (QED) is 0.173. The smallest absolute Gasteiger partial charge is 0.475 e. The lowest BCUT2D eigenvalue weighted by molar-refractivity contribution is -0.193. The van der Waals surface area contributed by atoms with E-state index in [4.69, 9.17) is 29.3 Å². The largest absolute Gasteiger partial charge is 0.490 e. The van der Waals surface area contributed by atoms with Crippen LogP contribution in [0.15, 0.2) is 24.4 Å². The number of nitrogens with one attached hydrogen (secondary N) is 2. The second-order valence-electron chi connectivity index (χ2n) is 9.26. The van der Waals surface area contributed by atoms with E-state index in [2.05, 4.69) is 15.3 Å². The Morgan fingerprint density at radius 1 is 0.930 bits per heavy atom. The van der Waals surface area contributed by atoms with Crippen LogP contribution in [-0.2, 0) is 38.4 Å². The number of aromatic nitrogens is 2. The van der Waals surface area contributed by atoms with Crippen molar-refractivity contribution in [2.75, 3.05) is 13.2 Å². The van der Waals surface area contributed by atoms with Crippen LogP contribution in [0.3, 0.4) is 0 Å². The average Bonchev–Trinajstić information content (AvgIpc) is 3.25. The maximum absolute atomic E-state index is 12.7. The van der Waals surface area contributed by atoms with Gasteiger partial charge in [-0.15, -0.1) is 0 Å². The minimum Gasteiger partial charge on any atom is -0.475 e. The molecule has 0 radical (unpaired) electrons. The molecule has 2 aromatic rings. The van der Waals surface area contributed by atoms with E-state index in [1.54, 1.807) is 13.1 Å². The molecular weight excluding hydrogens is 596 g/mol. The van der Waals surface area contributed by atoms with Crippen molar-refractivity contribution in [2.45, 2.75) is 72.0 Å². The summed E-state index contributed by atoms with van der Waals surface area (Å²) in [5.74, 6) is -6.42. The van der Waals surface area contributed by atoms with Crippen molar-refractivity contribution < 1.29 is 65.2 Å². The van der Waals surface area contributed by atoms with Crippen LogP contribution < -0.4 is 5.32 Å². The third kappa shape index (κ3) is 15.1. The molecule has 0 aromatic carbocycles. The highest BCUT2D eigenvalue weighted by Gasteiger charge is 2.39. The molecule has 242 valence electrons. The first kappa shape index (κ1) is 38.9. The molecule has 17 heteroatoms. The van der Waals surface area contributed by atoms with Crippen molar-refractivity contribution >= 4 is 23.9 Å². The molecule has 11 nitrogen and oxygen atoms in total. The molecule has 43 heavy (non-hydrogen) atoms. The van der Waals surface area contributed by atoms with E-state index in [9.17, 15) is 35.9 Å². The first-order valence-electron chi connectivity index (χ1n) is 12.5. The number of alkyl halides is 6. The molecule has 4 N–H and O–H groups in total. The van der Waals surface area contributed by atoms with E-state index in [1.165, 1.54) is 0 Å². The van der Waals surface area contributed by atoms with Gasteiger partial charge in [-0.2, -0.15) is 26.3 Å². The Morgan fingerprint density at radius 2 is 1.47 bits per heavy atom. The zero-order chi connectivity index (χ0) is 33.6. The minimum absolute atomic E-state index is 0.265. The van der Waals surface area contributed by atoms with Gasteiger partial charge in [0.15, 0.2) is 0 Å². The molecule has 0 unspecified atom stereocenters. The van der Waals surface area contributed by atoms with Gasteiger partial charge in [0.2, 0.25) is 0 Å². The fraction of sp³-hybridized carbons (Fsp3) is 0.500. The van der Waals surface area contributed by atoms with Gasteiger partial charge in [0.25, 0.3) is 0 Å². The third-order valence-corrected chi connectivity index (χ3v) is 4.69. The topological polar surface area (TPSA) is 168 Å². The number of H-pyrrole nitrogens is 1. The van der Waals surface area contributed by atoms with Gasteiger partial charge in [-0.25, -0.2) is 19.2 Å². The van der Waals surface area contributed by atoms with Crippen molar-refractivity contribution in [1.82, 2.24) is 15.3 Å². The predicted octanol–water partition coefficient (Wildman–Crippen LogP) is 4.70. The van der Waals surface area contributed by atoms with Gasteiger partial charge >= 0.3 is 36.2 Å². The number of halogens is 6. The van der Waals surface area contributed by atoms with E-state index in [0.717, 1.165) is 12.1 Å². The van der Waals surface area contributed by atoms with Crippen LogP contribution in [-0.4, -0.2) is 75.2 Å². The molecule has 0 aliphatic carbocycles. The Balaban J connectivity index is 0.00000104. The summed E-state index contributed by atoms with van der Waals surface area (Å²) in [5.41, 5.74) is 2.34. The lowest BCUT2D eigenvalue weighted by Crippen LogP contribution is -2.24. The van der Waals surface area contributed by atoms with Crippen LogP contribution in [0.5, 0.6) is 0 Å². The summed E-state index contributed by atoms with van der Waals surface area (Å²) in [6.07, 6.45) is -7.14. The number of rotatable bonds is 9. The first-order chi connectivity index (χ1) is 19.7. The minimum atomic E-state index is -5.08. The number of aromatic amines is 1. The number of hydrogen-bond acceptors (Lipinski definition) is 8. The van der Waals surface area contributed by atoms with Crippen molar-refractivity contribution in [2.24, 2.45) is 0 Å². The molecule has 2 aromatic heterocycles. The summed E-state index contributed by atoms with van der Waals surface area (Å²) in [7, 11) is 0. The normalized spacial score (nSPS) is 11.3. The fourth-order valence-corrected chi connectivity index (χ4v) is 3.01. The monoisotopic (exact) mass is 629 g/mol. The molecular formula is C26H33F6N3O8. The molecule has 0 saturated carbocycles. The highest BCUT2D eigenvalue weighted by molar-refractivity contribution is 5.99. The third-order valence-electron chi connectivity index (χ3n) is 4.69. The lowest BCUT2D eigenvalue weighted by Gasteiger charge is -2.19. The Labute approximate surface area is 242 Å². The lowest BCUT2D eigenvalue weighted by atomic mass is 10.1. The molecule has 2 heterocycles. The van der Waals surface area contributed by atoms with Crippen molar-refractivity contribution in [1.29, 1.82) is 0 Å². The van der Waals surface area contributed by atoms with Crippen molar-refractivity contribution in [3.05, 3.63) is 52.6 Å². The number of aliphatic carboxylic acids is 2. The molecule has 0 fully saturated rings. The van der Waals surface area contributed by atoms with Gasteiger partial charge in [-0.05, 0) is 51.8 Å². The van der Waals surface area contributed by atoms with Crippen molar-refractivity contribution in [3.63, 3.8) is 0 Å². The zero-order valence-corrected chi connectivity index (χ0v) is 23.9. The van der Waals surface area contributed by atoms with E-state index in [1.807, 2.05) is 45.9 Å². The summed E-state index contributed by atoms with van der Waals surface area (Å²) < 4.78 is 74.2. The van der Waals surface area contributed by atoms with Crippen LogP contribution in [0.1, 0.15) is 72.4 Å². The maximum atomic E-state index is 12.7. The number of nitrogens with zero attached hydrogens (tertiary/aromatic N) is 1. The maximum Gasteiger partial charge on any atom is 0.490 e. The predicted molar refractivity (Wildman–Crippen MR) is 138 cm³/mol. The van der Waals surface area contributed by atoms with Gasteiger partial charge in [0, 0.05) is 37.1 Å². The summed E-state index contributed by atoms with van der Waals surface area (Å²) in [5, 5.41) is 17.6. The summed E-state index contributed by atoms with van der Waals surface area (Å²) in [4.78, 5) is 50.5. The number of carbonyl (C=O) groups is 4. The van der Waals surface area contributed by atoms with Crippen LogP contribution >= 0.6 is 0 Å². The number of esters is 2. The fourth-order valence-electron chi connectivity index (χ4n) is 3.01. The number of carboxylic acids is 2.